The quantitative estimate of drug-likeness (QED) is 0.263. The van der Waals surface area contributed by atoms with Gasteiger partial charge >= 0.3 is 10.1 Å². The lowest BCUT2D eigenvalue weighted by Gasteiger charge is -2.23. The van der Waals surface area contributed by atoms with E-state index in [0.717, 1.165) is 24.3 Å². The summed E-state index contributed by atoms with van der Waals surface area (Å²) in [5.74, 6) is -0.0961. The molecule has 9 heteroatoms. The van der Waals surface area contributed by atoms with Crippen molar-refractivity contribution in [1.29, 1.82) is 0 Å². The van der Waals surface area contributed by atoms with Crippen molar-refractivity contribution in [1.82, 2.24) is 4.90 Å². The highest BCUT2D eigenvalue weighted by Gasteiger charge is 2.21. The van der Waals surface area contributed by atoms with Crippen LogP contribution in [0, 0.1) is 5.82 Å². The monoisotopic (exact) mass is 543 g/mol. The summed E-state index contributed by atoms with van der Waals surface area (Å²) in [7, 11) is -4.15. The Balaban J connectivity index is 1.58. The number of nitrogens with zero attached hydrogens (tertiary/aromatic N) is 1. The Morgan fingerprint density at radius 2 is 1.71 bits per heavy atom. The van der Waals surface area contributed by atoms with E-state index in [1.807, 2.05) is 6.07 Å². The fourth-order valence-electron chi connectivity index (χ4n) is 3.29. The van der Waals surface area contributed by atoms with E-state index in [9.17, 15) is 17.6 Å². The van der Waals surface area contributed by atoms with Crippen LogP contribution in [0.2, 0.25) is 0 Å². The summed E-state index contributed by atoms with van der Waals surface area (Å²) in [5.41, 5.74) is 1.14. The van der Waals surface area contributed by atoms with E-state index in [1.54, 1.807) is 53.4 Å². The lowest BCUT2D eigenvalue weighted by molar-refractivity contribution is 0.0716. The standard InChI is InChI=1S/C25H19BrFNO5S/c26-24-9-2-1-8-23(24)25(29)28(17-21-7-4-14-32-21)16-18-5-3-6-20(15-18)33-34(30,31)22-12-10-19(27)11-13-22/h1-15H,16-17H2. The molecule has 0 saturated carbocycles. The van der Waals surface area contributed by atoms with Crippen molar-refractivity contribution in [2.24, 2.45) is 0 Å². The summed E-state index contributed by atoms with van der Waals surface area (Å²) in [5, 5.41) is 0. The number of hydrogen-bond acceptors (Lipinski definition) is 5. The zero-order valence-electron chi connectivity index (χ0n) is 17.7. The van der Waals surface area contributed by atoms with Gasteiger partial charge in [-0.3, -0.25) is 4.79 Å². The molecule has 0 atom stereocenters. The molecule has 0 aliphatic heterocycles. The second kappa shape index (κ2) is 10.2. The third-order valence-corrected chi connectivity index (χ3v) is 6.85. The van der Waals surface area contributed by atoms with Crippen LogP contribution in [-0.2, 0) is 23.2 Å². The number of furan rings is 1. The molecular formula is C25H19BrFNO5S. The van der Waals surface area contributed by atoms with Crippen LogP contribution in [0.3, 0.4) is 0 Å². The van der Waals surface area contributed by atoms with E-state index < -0.39 is 15.9 Å². The minimum Gasteiger partial charge on any atom is -0.467 e. The molecule has 34 heavy (non-hydrogen) atoms. The van der Waals surface area contributed by atoms with Crippen molar-refractivity contribution >= 4 is 32.0 Å². The zero-order valence-corrected chi connectivity index (χ0v) is 20.1. The van der Waals surface area contributed by atoms with Crippen LogP contribution in [0.15, 0.2) is 105 Å². The summed E-state index contributed by atoms with van der Waals surface area (Å²) >= 11 is 3.42. The molecular weight excluding hydrogens is 525 g/mol. The Morgan fingerprint density at radius 3 is 2.41 bits per heavy atom. The molecule has 0 saturated heterocycles. The van der Waals surface area contributed by atoms with E-state index >= 15 is 0 Å². The molecule has 6 nitrogen and oxygen atoms in total. The Morgan fingerprint density at radius 1 is 0.941 bits per heavy atom. The highest BCUT2D eigenvalue weighted by atomic mass is 79.9. The minimum absolute atomic E-state index is 0.0770. The van der Waals surface area contributed by atoms with Crippen LogP contribution in [0.5, 0.6) is 5.75 Å². The molecule has 174 valence electrons. The maximum atomic E-state index is 13.3. The van der Waals surface area contributed by atoms with Crippen LogP contribution < -0.4 is 4.18 Å². The van der Waals surface area contributed by atoms with Crippen LogP contribution in [0.25, 0.3) is 0 Å². The van der Waals surface area contributed by atoms with Gasteiger partial charge in [0.2, 0.25) is 0 Å². The van der Waals surface area contributed by atoms with E-state index in [2.05, 4.69) is 15.9 Å². The first-order valence-corrected chi connectivity index (χ1v) is 12.4. The molecule has 4 rings (SSSR count). The third-order valence-electron chi connectivity index (χ3n) is 4.90. The Hall–Kier alpha value is -3.43. The molecule has 0 fully saturated rings. The van der Waals surface area contributed by atoms with Crippen LogP contribution in [0.1, 0.15) is 21.7 Å². The van der Waals surface area contributed by atoms with Crippen molar-refractivity contribution in [3.63, 3.8) is 0 Å². The second-order valence-electron chi connectivity index (χ2n) is 7.36. The van der Waals surface area contributed by atoms with Crippen molar-refractivity contribution in [2.75, 3.05) is 0 Å². The second-order valence-corrected chi connectivity index (χ2v) is 9.76. The predicted molar refractivity (Wildman–Crippen MR) is 127 cm³/mol. The van der Waals surface area contributed by atoms with E-state index in [-0.39, 0.29) is 29.6 Å². The van der Waals surface area contributed by atoms with E-state index in [0.29, 0.717) is 21.4 Å². The van der Waals surface area contributed by atoms with Gasteiger partial charge < -0.3 is 13.5 Å². The van der Waals surface area contributed by atoms with Gasteiger partial charge in [-0.2, -0.15) is 8.42 Å². The van der Waals surface area contributed by atoms with Crippen molar-refractivity contribution in [2.45, 2.75) is 18.0 Å². The van der Waals surface area contributed by atoms with Gasteiger partial charge in [-0.1, -0.05) is 24.3 Å². The largest absolute Gasteiger partial charge is 0.467 e. The number of amides is 1. The molecule has 0 spiro atoms. The number of rotatable bonds is 8. The summed E-state index contributed by atoms with van der Waals surface area (Å²) in [4.78, 5) is 14.7. The molecule has 0 aliphatic carbocycles. The van der Waals surface area contributed by atoms with Crippen LogP contribution in [-0.4, -0.2) is 19.2 Å². The van der Waals surface area contributed by atoms with Gasteiger partial charge in [0.15, 0.2) is 0 Å². The van der Waals surface area contributed by atoms with Crippen LogP contribution >= 0.6 is 15.9 Å². The van der Waals surface area contributed by atoms with Crippen LogP contribution in [0.4, 0.5) is 4.39 Å². The topological polar surface area (TPSA) is 76.8 Å². The molecule has 0 N–H and O–H groups in total. The lowest BCUT2D eigenvalue weighted by Crippen LogP contribution is -2.30. The molecule has 4 aromatic rings. The van der Waals surface area contributed by atoms with Crippen molar-refractivity contribution in [3.8, 4) is 5.75 Å². The maximum Gasteiger partial charge on any atom is 0.339 e. The highest BCUT2D eigenvalue weighted by Crippen LogP contribution is 2.24. The Kier molecular flexibility index (Phi) is 7.14. The molecule has 1 amide bonds. The Bertz CT molecular complexity index is 1390. The van der Waals surface area contributed by atoms with Gasteiger partial charge in [-0.25, -0.2) is 4.39 Å². The lowest BCUT2D eigenvalue weighted by atomic mass is 10.1. The molecule has 1 heterocycles. The van der Waals surface area contributed by atoms with Gasteiger partial charge in [0.1, 0.15) is 22.2 Å². The molecule has 0 radical (unpaired) electrons. The molecule has 0 unspecified atom stereocenters. The number of carbonyl (C=O) groups excluding carboxylic acids is 1. The molecule has 0 aliphatic rings. The zero-order chi connectivity index (χ0) is 24.1. The fourth-order valence-corrected chi connectivity index (χ4v) is 4.66. The first kappa shape index (κ1) is 23.7. The van der Waals surface area contributed by atoms with Gasteiger partial charge in [-0.05, 0) is 82.2 Å². The maximum absolute atomic E-state index is 13.3. The average Bonchev–Trinajstić information content (AvgIpc) is 3.32. The fraction of sp³-hybridized carbons (Fsp3) is 0.0800. The molecule has 0 bridgehead atoms. The average molecular weight is 544 g/mol. The minimum atomic E-state index is -4.15. The van der Waals surface area contributed by atoms with Gasteiger partial charge in [0.25, 0.3) is 5.91 Å². The smallest absolute Gasteiger partial charge is 0.339 e. The SMILES string of the molecule is O=C(c1ccccc1Br)N(Cc1cccc(OS(=O)(=O)c2ccc(F)cc2)c1)Cc1ccco1. The summed E-state index contributed by atoms with van der Waals surface area (Å²) in [6.07, 6.45) is 1.53. The Labute approximate surface area is 204 Å². The van der Waals surface area contributed by atoms with Crippen molar-refractivity contribution in [3.05, 3.63) is 118 Å². The number of carbonyl (C=O) groups is 1. The third kappa shape index (κ3) is 5.73. The van der Waals surface area contributed by atoms with E-state index in [4.69, 9.17) is 8.60 Å². The van der Waals surface area contributed by atoms with Gasteiger partial charge in [0.05, 0.1) is 18.4 Å². The predicted octanol–water partition coefficient (Wildman–Crippen LogP) is 5.79. The number of benzene rings is 3. The summed E-state index contributed by atoms with van der Waals surface area (Å²) < 4.78 is 49.6. The molecule has 3 aromatic carbocycles. The van der Waals surface area contributed by atoms with Gasteiger partial charge in [0, 0.05) is 11.0 Å². The summed E-state index contributed by atoms with van der Waals surface area (Å²) in [6, 6.07) is 21.4. The first-order valence-electron chi connectivity index (χ1n) is 10.2. The van der Waals surface area contributed by atoms with E-state index in [1.165, 1.54) is 12.3 Å². The van der Waals surface area contributed by atoms with Crippen molar-refractivity contribution < 1.29 is 26.2 Å². The van der Waals surface area contributed by atoms with Gasteiger partial charge in [-0.15, -0.1) is 0 Å². The normalized spacial score (nSPS) is 11.2. The highest BCUT2D eigenvalue weighted by molar-refractivity contribution is 9.10. The number of halogens is 2. The molecule has 1 aromatic heterocycles. The first-order chi connectivity index (χ1) is 16.3. The summed E-state index contributed by atoms with van der Waals surface area (Å²) in [6.45, 7) is 0.390. The number of hydrogen-bond donors (Lipinski definition) is 0.